The van der Waals surface area contributed by atoms with Crippen LogP contribution in [0.4, 0.5) is 0 Å². The van der Waals surface area contributed by atoms with Crippen LogP contribution < -0.4 is 0 Å². The van der Waals surface area contributed by atoms with Crippen LogP contribution in [-0.4, -0.2) is 11.1 Å². The first-order chi connectivity index (χ1) is 8.02. The molecule has 1 saturated carbocycles. The third-order valence-electron chi connectivity index (χ3n) is 3.55. The highest BCUT2D eigenvalue weighted by molar-refractivity contribution is 5.70. The van der Waals surface area contributed by atoms with Crippen molar-refractivity contribution in [2.45, 2.75) is 44.9 Å². The lowest BCUT2D eigenvalue weighted by Gasteiger charge is -2.14. The highest BCUT2D eigenvalue weighted by Gasteiger charge is 2.45. The Kier molecular flexibility index (Phi) is 3.23. The van der Waals surface area contributed by atoms with Gasteiger partial charge in [0.25, 0.3) is 0 Å². The first kappa shape index (κ1) is 12.2. The largest absolute Gasteiger partial charge is 0.481 e. The van der Waals surface area contributed by atoms with Gasteiger partial charge in [0.2, 0.25) is 0 Å². The minimum atomic E-state index is -0.686. The molecular weight excluding hydrogens is 212 g/mol. The zero-order valence-electron chi connectivity index (χ0n) is 10.6. The van der Waals surface area contributed by atoms with Crippen LogP contribution in [0, 0.1) is 5.92 Å². The van der Waals surface area contributed by atoms with Crippen molar-refractivity contribution >= 4 is 5.97 Å². The van der Waals surface area contributed by atoms with Crippen LogP contribution in [0.5, 0.6) is 0 Å². The fourth-order valence-electron chi connectivity index (χ4n) is 2.47. The summed E-state index contributed by atoms with van der Waals surface area (Å²) < 4.78 is 0. The number of aliphatic carboxylic acids is 1. The predicted molar refractivity (Wildman–Crippen MR) is 68.1 cm³/mol. The molecule has 1 N–H and O–H groups in total. The van der Waals surface area contributed by atoms with Crippen molar-refractivity contribution in [1.82, 2.24) is 0 Å². The van der Waals surface area contributed by atoms with Crippen LogP contribution in [0.1, 0.15) is 44.2 Å². The van der Waals surface area contributed by atoms with E-state index >= 15 is 0 Å². The first-order valence-corrected chi connectivity index (χ1v) is 6.33. The second-order valence-electron chi connectivity index (χ2n) is 5.65. The molecule has 0 amide bonds. The Morgan fingerprint density at radius 2 is 1.88 bits per heavy atom. The molecule has 0 atom stereocenters. The lowest BCUT2D eigenvalue weighted by atomic mass is 9.91. The van der Waals surface area contributed by atoms with E-state index in [9.17, 15) is 4.79 Å². The molecule has 1 aromatic rings. The summed E-state index contributed by atoms with van der Waals surface area (Å²) in [5.41, 5.74) is 2.49. The minimum absolute atomic E-state index is 0.0534. The Morgan fingerprint density at radius 3 is 2.29 bits per heavy atom. The summed E-state index contributed by atoms with van der Waals surface area (Å²) in [6.45, 7) is 4.42. The van der Waals surface area contributed by atoms with Gasteiger partial charge in [-0.3, -0.25) is 4.79 Å². The molecule has 0 aromatic heterocycles. The van der Waals surface area contributed by atoms with Crippen molar-refractivity contribution < 1.29 is 9.90 Å². The van der Waals surface area contributed by atoms with Crippen LogP contribution in [0.3, 0.4) is 0 Å². The van der Waals surface area contributed by atoms with E-state index in [1.165, 1.54) is 11.1 Å². The van der Waals surface area contributed by atoms with E-state index in [0.29, 0.717) is 5.92 Å². The highest BCUT2D eigenvalue weighted by Crippen LogP contribution is 2.50. The molecule has 0 unspecified atom stereocenters. The molecule has 0 bridgehead atoms. The van der Waals surface area contributed by atoms with Gasteiger partial charge in [-0.05, 0) is 36.3 Å². The van der Waals surface area contributed by atoms with Gasteiger partial charge in [-0.15, -0.1) is 0 Å². The third kappa shape index (κ3) is 2.87. The normalized spacial score (nSPS) is 17.1. The fraction of sp³-hybridized carbons (Fsp3) is 0.533. The molecule has 17 heavy (non-hydrogen) atoms. The van der Waals surface area contributed by atoms with Crippen molar-refractivity contribution in [1.29, 1.82) is 0 Å². The second kappa shape index (κ2) is 4.52. The molecular formula is C15H20O2. The predicted octanol–water partition coefficient (Wildman–Crippen LogP) is 3.39. The maximum atomic E-state index is 10.8. The lowest BCUT2D eigenvalue weighted by Crippen LogP contribution is -2.12. The number of rotatable bonds is 5. The Morgan fingerprint density at radius 1 is 1.29 bits per heavy atom. The molecule has 2 rings (SSSR count). The number of benzene rings is 1. The third-order valence-corrected chi connectivity index (χ3v) is 3.55. The summed E-state index contributed by atoms with van der Waals surface area (Å²) in [4.78, 5) is 10.8. The lowest BCUT2D eigenvalue weighted by molar-refractivity contribution is -0.137. The van der Waals surface area contributed by atoms with Gasteiger partial charge in [-0.25, -0.2) is 0 Å². The smallest absolute Gasteiger partial charge is 0.304 e. The molecule has 0 saturated heterocycles. The average molecular weight is 232 g/mol. The van der Waals surface area contributed by atoms with E-state index in [1.54, 1.807) is 0 Å². The van der Waals surface area contributed by atoms with Crippen LogP contribution in [0.25, 0.3) is 0 Å². The van der Waals surface area contributed by atoms with Gasteiger partial charge < -0.3 is 5.11 Å². The molecule has 0 aliphatic heterocycles. The second-order valence-corrected chi connectivity index (χ2v) is 5.65. The molecule has 1 fully saturated rings. The van der Waals surface area contributed by atoms with Gasteiger partial charge in [0.1, 0.15) is 0 Å². The molecule has 0 radical (unpaired) electrons. The molecule has 0 heterocycles. The van der Waals surface area contributed by atoms with Crippen LogP contribution in [0.15, 0.2) is 24.3 Å². The average Bonchev–Trinajstić information content (AvgIpc) is 2.98. The molecule has 1 aromatic carbocycles. The number of carbonyl (C=O) groups is 1. The van der Waals surface area contributed by atoms with E-state index in [0.717, 1.165) is 19.3 Å². The van der Waals surface area contributed by atoms with E-state index in [1.807, 2.05) is 0 Å². The SMILES string of the molecule is CC(C)Cc1ccc(C2(CC(=O)O)CC2)cc1. The zero-order chi connectivity index (χ0) is 12.5. The van der Waals surface area contributed by atoms with Crippen LogP contribution in [-0.2, 0) is 16.6 Å². The molecule has 92 valence electrons. The van der Waals surface area contributed by atoms with Crippen molar-refractivity contribution in [2.24, 2.45) is 5.92 Å². The quantitative estimate of drug-likeness (QED) is 0.845. The monoisotopic (exact) mass is 232 g/mol. The van der Waals surface area contributed by atoms with Crippen LogP contribution in [0.2, 0.25) is 0 Å². The maximum Gasteiger partial charge on any atom is 0.304 e. The Balaban J connectivity index is 2.10. The minimum Gasteiger partial charge on any atom is -0.481 e. The summed E-state index contributed by atoms with van der Waals surface area (Å²) in [5, 5.41) is 8.92. The summed E-state index contributed by atoms with van der Waals surface area (Å²) in [5.74, 6) is -0.0245. The van der Waals surface area contributed by atoms with Gasteiger partial charge >= 0.3 is 5.97 Å². The van der Waals surface area contributed by atoms with Gasteiger partial charge in [0.05, 0.1) is 6.42 Å². The van der Waals surface area contributed by atoms with Crippen molar-refractivity contribution in [3.8, 4) is 0 Å². The summed E-state index contributed by atoms with van der Waals surface area (Å²) in [6.07, 6.45) is 3.40. The number of hydrogen-bond donors (Lipinski definition) is 1. The Bertz CT molecular complexity index is 399. The van der Waals surface area contributed by atoms with Gasteiger partial charge in [-0.1, -0.05) is 38.1 Å². The molecule has 2 nitrogen and oxygen atoms in total. The topological polar surface area (TPSA) is 37.3 Å². The Labute approximate surface area is 103 Å². The fourth-order valence-corrected chi connectivity index (χ4v) is 2.47. The van der Waals surface area contributed by atoms with Gasteiger partial charge in [-0.2, -0.15) is 0 Å². The van der Waals surface area contributed by atoms with E-state index < -0.39 is 5.97 Å². The van der Waals surface area contributed by atoms with E-state index in [2.05, 4.69) is 38.1 Å². The molecule has 1 aliphatic carbocycles. The molecule has 1 aliphatic rings. The summed E-state index contributed by atoms with van der Waals surface area (Å²) in [7, 11) is 0. The summed E-state index contributed by atoms with van der Waals surface area (Å²) in [6, 6.07) is 8.54. The summed E-state index contributed by atoms with van der Waals surface area (Å²) >= 11 is 0. The Hall–Kier alpha value is -1.31. The van der Waals surface area contributed by atoms with E-state index in [4.69, 9.17) is 5.11 Å². The van der Waals surface area contributed by atoms with Crippen molar-refractivity contribution in [3.05, 3.63) is 35.4 Å². The zero-order valence-corrected chi connectivity index (χ0v) is 10.6. The highest BCUT2D eigenvalue weighted by atomic mass is 16.4. The standard InChI is InChI=1S/C15H20O2/c1-11(2)9-12-3-5-13(6-4-12)15(7-8-15)10-14(16)17/h3-6,11H,7-10H2,1-2H3,(H,16,17). The molecule has 2 heteroatoms. The number of carboxylic acid groups (broad SMARTS) is 1. The van der Waals surface area contributed by atoms with Crippen molar-refractivity contribution in [3.63, 3.8) is 0 Å². The number of hydrogen-bond acceptors (Lipinski definition) is 1. The maximum absolute atomic E-state index is 10.8. The van der Waals surface area contributed by atoms with Gasteiger partial charge in [0, 0.05) is 5.41 Å². The van der Waals surface area contributed by atoms with Gasteiger partial charge in [0.15, 0.2) is 0 Å². The number of carboxylic acids is 1. The van der Waals surface area contributed by atoms with Crippen molar-refractivity contribution in [2.75, 3.05) is 0 Å². The van der Waals surface area contributed by atoms with Crippen LogP contribution >= 0.6 is 0 Å². The molecule has 0 spiro atoms. The first-order valence-electron chi connectivity index (χ1n) is 6.33. The van der Waals surface area contributed by atoms with E-state index in [-0.39, 0.29) is 11.8 Å².